The minimum Gasteiger partial charge on any atom is -0.479 e. The van der Waals surface area contributed by atoms with Crippen LogP contribution in [-0.4, -0.2) is 35.9 Å². The molecule has 2 amide bonds. The number of nitrogens with zero attached hydrogens (tertiary/aromatic N) is 1. The highest BCUT2D eigenvalue weighted by Crippen LogP contribution is 2.30. The quantitative estimate of drug-likeness (QED) is 0.905. The molecule has 21 heavy (non-hydrogen) atoms. The van der Waals surface area contributed by atoms with Crippen LogP contribution in [0, 0.1) is 0 Å². The number of benzene rings is 1. The van der Waals surface area contributed by atoms with Gasteiger partial charge in [-0.05, 0) is 43.9 Å². The third kappa shape index (κ3) is 3.01. The lowest BCUT2D eigenvalue weighted by atomic mass is 10.1. The Balaban J connectivity index is 1.70. The summed E-state index contributed by atoms with van der Waals surface area (Å²) in [5.41, 5.74) is 1.56. The molecule has 5 nitrogen and oxygen atoms in total. The Labute approximate surface area is 124 Å². The fourth-order valence-electron chi connectivity index (χ4n) is 2.80. The minimum absolute atomic E-state index is 0.151. The van der Waals surface area contributed by atoms with Gasteiger partial charge < -0.3 is 15.0 Å². The smallest absolute Gasteiger partial charge is 0.265 e. The van der Waals surface area contributed by atoms with E-state index in [1.54, 1.807) is 6.92 Å². The van der Waals surface area contributed by atoms with Crippen LogP contribution in [-0.2, 0) is 16.0 Å². The number of ether oxygens (including phenoxy) is 1. The third-order valence-corrected chi connectivity index (χ3v) is 4.04. The van der Waals surface area contributed by atoms with E-state index in [2.05, 4.69) is 5.32 Å². The van der Waals surface area contributed by atoms with Crippen LogP contribution in [0.4, 0.5) is 5.69 Å². The Hall–Kier alpha value is -2.04. The van der Waals surface area contributed by atoms with Gasteiger partial charge in [-0.3, -0.25) is 9.59 Å². The number of carbonyl (C=O) groups is 2. The molecule has 1 atom stereocenters. The fraction of sp³-hybridized carbons (Fsp3) is 0.500. The second-order valence-electron chi connectivity index (χ2n) is 5.70. The Morgan fingerprint density at radius 2 is 2.10 bits per heavy atom. The first-order valence-corrected chi connectivity index (χ1v) is 7.52. The summed E-state index contributed by atoms with van der Waals surface area (Å²) in [6.07, 6.45) is 3.30. The highest BCUT2D eigenvalue weighted by Gasteiger charge is 2.24. The largest absolute Gasteiger partial charge is 0.479 e. The van der Waals surface area contributed by atoms with Crippen molar-refractivity contribution >= 4 is 17.5 Å². The van der Waals surface area contributed by atoms with Gasteiger partial charge in [0.2, 0.25) is 5.91 Å². The maximum Gasteiger partial charge on any atom is 0.265 e. The van der Waals surface area contributed by atoms with Crippen molar-refractivity contribution in [3.8, 4) is 5.75 Å². The molecule has 0 spiro atoms. The van der Waals surface area contributed by atoms with Gasteiger partial charge in [-0.15, -0.1) is 0 Å². The average molecular weight is 288 g/mol. The number of anilines is 1. The van der Waals surface area contributed by atoms with Crippen molar-refractivity contribution in [1.29, 1.82) is 0 Å². The topological polar surface area (TPSA) is 58.6 Å². The van der Waals surface area contributed by atoms with Crippen LogP contribution >= 0.6 is 0 Å². The first-order valence-electron chi connectivity index (χ1n) is 7.52. The van der Waals surface area contributed by atoms with Gasteiger partial charge in [0, 0.05) is 13.1 Å². The van der Waals surface area contributed by atoms with Crippen molar-refractivity contribution in [2.75, 3.05) is 18.4 Å². The summed E-state index contributed by atoms with van der Waals surface area (Å²) < 4.78 is 5.51. The molecule has 1 aromatic carbocycles. The zero-order valence-electron chi connectivity index (χ0n) is 12.2. The number of hydrogen-bond acceptors (Lipinski definition) is 3. The monoisotopic (exact) mass is 288 g/mol. The summed E-state index contributed by atoms with van der Waals surface area (Å²) in [6, 6.07) is 5.55. The number of piperidine rings is 1. The van der Waals surface area contributed by atoms with Gasteiger partial charge in [0.05, 0.1) is 12.1 Å². The van der Waals surface area contributed by atoms with E-state index in [0.29, 0.717) is 17.9 Å². The fourth-order valence-corrected chi connectivity index (χ4v) is 2.80. The van der Waals surface area contributed by atoms with Gasteiger partial charge in [0.25, 0.3) is 5.91 Å². The lowest BCUT2D eigenvalue weighted by Crippen LogP contribution is -2.36. The van der Waals surface area contributed by atoms with Crippen molar-refractivity contribution in [3.63, 3.8) is 0 Å². The molecule has 0 saturated carbocycles. The van der Waals surface area contributed by atoms with Gasteiger partial charge in [0.1, 0.15) is 5.75 Å². The Kier molecular flexibility index (Phi) is 3.82. The number of hydrogen-bond donors (Lipinski definition) is 1. The highest BCUT2D eigenvalue weighted by molar-refractivity contribution is 5.97. The minimum atomic E-state index is -0.474. The van der Waals surface area contributed by atoms with E-state index in [4.69, 9.17) is 4.74 Å². The highest BCUT2D eigenvalue weighted by atomic mass is 16.5. The predicted molar refractivity (Wildman–Crippen MR) is 79.3 cm³/mol. The summed E-state index contributed by atoms with van der Waals surface area (Å²) >= 11 is 0. The van der Waals surface area contributed by atoms with Crippen LogP contribution < -0.4 is 10.1 Å². The number of carbonyl (C=O) groups excluding carboxylic acids is 2. The van der Waals surface area contributed by atoms with Crippen molar-refractivity contribution in [3.05, 3.63) is 23.8 Å². The van der Waals surface area contributed by atoms with Crippen LogP contribution in [0.2, 0.25) is 0 Å². The molecule has 1 N–H and O–H groups in total. The molecule has 0 aromatic heterocycles. The Bertz CT molecular complexity index is 565. The van der Waals surface area contributed by atoms with E-state index in [9.17, 15) is 9.59 Å². The zero-order valence-corrected chi connectivity index (χ0v) is 12.2. The van der Waals surface area contributed by atoms with E-state index in [1.165, 1.54) is 6.42 Å². The van der Waals surface area contributed by atoms with Gasteiger partial charge >= 0.3 is 0 Å². The number of rotatable bonds is 2. The van der Waals surface area contributed by atoms with Crippen LogP contribution in [0.15, 0.2) is 18.2 Å². The van der Waals surface area contributed by atoms with Crippen LogP contribution in [0.25, 0.3) is 0 Å². The molecule has 2 aliphatic rings. The predicted octanol–water partition coefficient (Wildman–Crippen LogP) is 1.96. The molecule has 0 aliphatic carbocycles. The maximum absolute atomic E-state index is 12.3. The number of likely N-dealkylation sites (tertiary alicyclic amines) is 1. The molecule has 2 aliphatic heterocycles. The molecule has 1 fully saturated rings. The molecule has 0 radical (unpaired) electrons. The van der Waals surface area contributed by atoms with Crippen molar-refractivity contribution in [1.82, 2.24) is 4.90 Å². The molecule has 1 unspecified atom stereocenters. The van der Waals surface area contributed by atoms with Crippen molar-refractivity contribution < 1.29 is 14.3 Å². The Morgan fingerprint density at radius 3 is 2.86 bits per heavy atom. The third-order valence-electron chi connectivity index (χ3n) is 4.04. The second-order valence-corrected chi connectivity index (χ2v) is 5.70. The maximum atomic E-state index is 12.3. The van der Waals surface area contributed by atoms with Gasteiger partial charge in [-0.25, -0.2) is 0 Å². The van der Waals surface area contributed by atoms with Gasteiger partial charge in [-0.1, -0.05) is 6.07 Å². The van der Waals surface area contributed by atoms with Crippen LogP contribution in [0.1, 0.15) is 31.7 Å². The van der Waals surface area contributed by atoms with E-state index < -0.39 is 6.10 Å². The molecular formula is C16H20N2O3. The molecular weight excluding hydrogens is 268 g/mol. The van der Waals surface area contributed by atoms with E-state index in [-0.39, 0.29) is 11.8 Å². The van der Waals surface area contributed by atoms with Crippen LogP contribution in [0.3, 0.4) is 0 Å². The molecule has 2 heterocycles. The van der Waals surface area contributed by atoms with E-state index in [1.807, 2.05) is 23.1 Å². The molecule has 5 heteroatoms. The first-order chi connectivity index (χ1) is 10.1. The lowest BCUT2D eigenvalue weighted by Gasteiger charge is -2.27. The first kappa shape index (κ1) is 13.9. The number of amides is 2. The molecule has 3 rings (SSSR count). The number of nitrogens with one attached hydrogen (secondary N) is 1. The standard InChI is InChI=1S/C16H20N2O3/c1-11-16(20)17-13-9-12(5-6-14(13)21-11)10-15(19)18-7-3-2-4-8-18/h5-6,9,11H,2-4,7-8,10H2,1H3,(H,17,20). The van der Waals surface area contributed by atoms with Gasteiger partial charge in [-0.2, -0.15) is 0 Å². The summed E-state index contributed by atoms with van der Waals surface area (Å²) in [5, 5.41) is 2.81. The van der Waals surface area contributed by atoms with E-state index >= 15 is 0 Å². The summed E-state index contributed by atoms with van der Waals surface area (Å²) in [4.78, 5) is 25.8. The normalized spacial score (nSPS) is 21.3. The molecule has 112 valence electrons. The summed E-state index contributed by atoms with van der Waals surface area (Å²) in [6.45, 7) is 3.44. The molecule has 1 aromatic rings. The number of fused-ring (bicyclic) bond motifs is 1. The molecule has 1 saturated heterocycles. The van der Waals surface area contributed by atoms with Crippen LogP contribution in [0.5, 0.6) is 5.75 Å². The van der Waals surface area contributed by atoms with Gasteiger partial charge in [0.15, 0.2) is 6.10 Å². The summed E-state index contributed by atoms with van der Waals surface area (Å²) in [5.74, 6) is 0.671. The summed E-state index contributed by atoms with van der Waals surface area (Å²) in [7, 11) is 0. The Morgan fingerprint density at radius 1 is 1.33 bits per heavy atom. The second kappa shape index (κ2) is 5.76. The van der Waals surface area contributed by atoms with Crippen molar-refractivity contribution in [2.45, 2.75) is 38.7 Å². The van der Waals surface area contributed by atoms with Crippen molar-refractivity contribution in [2.24, 2.45) is 0 Å². The molecule has 0 bridgehead atoms. The lowest BCUT2D eigenvalue weighted by molar-refractivity contribution is -0.131. The zero-order chi connectivity index (χ0) is 14.8. The SMILES string of the molecule is CC1Oc2ccc(CC(=O)N3CCCCC3)cc2NC1=O. The van der Waals surface area contributed by atoms with E-state index in [0.717, 1.165) is 31.5 Å². The average Bonchev–Trinajstić information content (AvgIpc) is 2.49.